The van der Waals surface area contributed by atoms with Gasteiger partial charge in [0.15, 0.2) is 0 Å². The topological polar surface area (TPSA) is 26.3 Å². The minimum Gasteiger partial charge on any atom is -0.466 e. The SMILES string of the molecule is CCOC(=O)[C@@H]1CS[C@@H](CS)C1. The second kappa shape index (κ2) is 5.02. The average Bonchev–Trinajstić information content (AvgIpc) is 2.52. The minimum atomic E-state index is -0.0331. The summed E-state index contributed by atoms with van der Waals surface area (Å²) in [6.07, 6.45) is 0.938. The van der Waals surface area contributed by atoms with Crippen molar-refractivity contribution in [3.05, 3.63) is 0 Å². The molecule has 1 aliphatic rings. The molecule has 1 saturated heterocycles. The van der Waals surface area contributed by atoms with Gasteiger partial charge >= 0.3 is 5.97 Å². The van der Waals surface area contributed by atoms with E-state index in [0.29, 0.717) is 11.9 Å². The third-order valence-electron chi connectivity index (χ3n) is 1.90. The largest absolute Gasteiger partial charge is 0.466 e. The highest BCUT2D eigenvalue weighted by molar-refractivity contribution is 8.00. The third-order valence-corrected chi connectivity index (χ3v) is 4.02. The van der Waals surface area contributed by atoms with Crippen molar-refractivity contribution in [3.63, 3.8) is 0 Å². The Bertz CT molecular complexity index is 161. The van der Waals surface area contributed by atoms with Gasteiger partial charge in [0.25, 0.3) is 0 Å². The van der Waals surface area contributed by atoms with Gasteiger partial charge in [-0.2, -0.15) is 24.4 Å². The van der Waals surface area contributed by atoms with Crippen molar-refractivity contribution in [1.82, 2.24) is 0 Å². The van der Waals surface area contributed by atoms with Gasteiger partial charge < -0.3 is 4.74 Å². The van der Waals surface area contributed by atoms with Crippen molar-refractivity contribution in [2.75, 3.05) is 18.1 Å². The van der Waals surface area contributed by atoms with Crippen molar-refractivity contribution in [1.29, 1.82) is 0 Å². The molecule has 2 nitrogen and oxygen atoms in total. The maximum Gasteiger partial charge on any atom is 0.309 e. The summed E-state index contributed by atoms with van der Waals surface area (Å²) in [6, 6.07) is 0. The molecule has 0 spiro atoms. The van der Waals surface area contributed by atoms with Crippen LogP contribution in [-0.4, -0.2) is 29.3 Å². The van der Waals surface area contributed by atoms with Gasteiger partial charge in [0.1, 0.15) is 0 Å². The van der Waals surface area contributed by atoms with Crippen LogP contribution >= 0.6 is 24.4 Å². The number of hydrogen-bond donors (Lipinski definition) is 1. The Morgan fingerprint density at radius 3 is 3.00 bits per heavy atom. The number of ether oxygens (including phenoxy) is 1. The molecule has 0 aromatic carbocycles. The number of thioether (sulfide) groups is 1. The normalized spacial score (nSPS) is 28.8. The molecule has 0 N–H and O–H groups in total. The molecular formula is C8H14O2S2. The molecule has 4 heteroatoms. The van der Waals surface area contributed by atoms with Crippen LogP contribution in [-0.2, 0) is 9.53 Å². The third kappa shape index (κ3) is 2.59. The quantitative estimate of drug-likeness (QED) is 0.561. The minimum absolute atomic E-state index is 0.0331. The predicted molar refractivity (Wildman–Crippen MR) is 54.8 cm³/mol. The molecule has 0 amide bonds. The number of thiol groups is 1. The first-order chi connectivity index (χ1) is 5.77. The molecule has 0 radical (unpaired) electrons. The van der Waals surface area contributed by atoms with Crippen LogP contribution in [0.3, 0.4) is 0 Å². The lowest BCUT2D eigenvalue weighted by Crippen LogP contribution is -2.18. The zero-order chi connectivity index (χ0) is 8.97. The molecule has 0 unspecified atom stereocenters. The number of carbonyl (C=O) groups excluding carboxylic acids is 1. The van der Waals surface area contributed by atoms with Crippen molar-refractivity contribution >= 4 is 30.4 Å². The fourth-order valence-electron chi connectivity index (χ4n) is 1.26. The molecule has 2 atom stereocenters. The van der Waals surface area contributed by atoms with Crippen LogP contribution in [0.2, 0.25) is 0 Å². The number of hydrogen-bond acceptors (Lipinski definition) is 4. The number of carbonyl (C=O) groups is 1. The molecule has 1 aliphatic heterocycles. The zero-order valence-electron chi connectivity index (χ0n) is 7.16. The lowest BCUT2D eigenvalue weighted by molar-refractivity contribution is -0.147. The van der Waals surface area contributed by atoms with E-state index in [2.05, 4.69) is 12.6 Å². The summed E-state index contributed by atoms with van der Waals surface area (Å²) in [5.74, 6) is 1.85. The second-order valence-corrected chi connectivity index (χ2v) is 4.52. The van der Waals surface area contributed by atoms with Crippen LogP contribution in [0, 0.1) is 5.92 Å². The van der Waals surface area contributed by atoms with Crippen LogP contribution in [0.15, 0.2) is 0 Å². The van der Waals surface area contributed by atoms with Gasteiger partial charge in [-0.25, -0.2) is 0 Å². The maximum atomic E-state index is 11.2. The van der Waals surface area contributed by atoms with E-state index in [9.17, 15) is 4.79 Å². The molecule has 12 heavy (non-hydrogen) atoms. The van der Waals surface area contributed by atoms with Crippen LogP contribution < -0.4 is 0 Å². The average molecular weight is 206 g/mol. The van der Waals surface area contributed by atoms with Crippen molar-refractivity contribution in [2.24, 2.45) is 5.92 Å². The maximum absolute atomic E-state index is 11.2. The van der Waals surface area contributed by atoms with Crippen LogP contribution in [0.5, 0.6) is 0 Å². The van der Waals surface area contributed by atoms with E-state index >= 15 is 0 Å². The van der Waals surface area contributed by atoms with E-state index in [1.165, 1.54) is 0 Å². The summed E-state index contributed by atoms with van der Waals surface area (Å²) < 4.78 is 4.94. The molecule has 70 valence electrons. The molecule has 1 fully saturated rings. The number of esters is 1. The molecule has 1 heterocycles. The van der Waals surface area contributed by atoms with Crippen molar-refractivity contribution in [2.45, 2.75) is 18.6 Å². The van der Waals surface area contributed by atoms with Gasteiger partial charge in [-0.1, -0.05) is 0 Å². The van der Waals surface area contributed by atoms with Crippen LogP contribution in [0.4, 0.5) is 0 Å². The predicted octanol–water partition coefficient (Wildman–Crippen LogP) is 1.60. The Morgan fingerprint density at radius 2 is 2.50 bits per heavy atom. The van der Waals surface area contributed by atoms with Gasteiger partial charge in [0, 0.05) is 16.8 Å². The first-order valence-corrected chi connectivity index (χ1v) is 5.85. The van der Waals surface area contributed by atoms with E-state index in [-0.39, 0.29) is 11.9 Å². The van der Waals surface area contributed by atoms with Gasteiger partial charge in [-0.15, -0.1) is 0 Å². The monoisotopic (exact) mass is 206 g/mol. The summed E-state index contributed by atoms with van der Waals surface area (Å²) in [6.45, 7) is 2.33. The van der Waals surface area contributed by atoms with Gasteiger partial charge in [-0.05, 0) is 13.3 Å². The zero-order valence-corrected chi connectivity index (χ0v) is 8.87. The van der Waals surface area contributed by atoms with E-state index < -0.39 is 0 Å². The highest BCUT2D eigenvalue weighted by atomic mass is 32.2. The molecule has 0 aromatic heterocycles. The lowest BCUT2D eigenvalue weighted by atomic mass is 10.1. The molecule has 0 bridgehead atoms. The Balaban J connectivity index is 2.31. The highest BCUT2D eigenvalue weighted by Crippen LogP contribution is 2.32. The Labute approximate surface area is 82.8 Å². The van der Waals surface area contributed by atoms with Gasteiger partial charge in [0.2, 0.25) is 0 Å². The van der Waals surface area contributed by atoms with E-state index in [0.717, 1.165) is 17.9 Å². The Hall–Kier alpha value is 0.170. The Kier molecular flexibility index (Phi) is 4.29. The fourth-order valence-corrected chi connectivity index (χ4v) is 2.97. The van der Waals surface area contributed by atoms with E-state index in [1.54, 1.807) is 0 Å². The first kappa shape index (κ1) is 10.3. The fraction of sp³-hybridized carbons (Fsp3) is 0.875. The summed E-state index contributed by atoms with van der Waals surface area (Å²) in [7, 11) is 0. The smallest absolute Gasteiger partial charge is 0.309 e. The van der Waals surface area contributed by atoms with Crippen molar-refractivity contribution in [3.8, 4) is 0 Å². The molecular weight excluding hydrogens is 192 g/mol. The molecule has 1 rings (SSSR count). The van der Waals surface area contributed by atoms with E-state index in [1.807, 2.05) is 18.7 Å². The summed E-state index contributed by atoms with van der Waals surface area (Å²) in [5, 5.41) is 0.544. The molecule has 0 aliphatic carbocycles. The standard InChI is InChI=1S/C8H14O2S2/c1-2-10-8(9)6-3-7(4-11)12-5-6/h6-7,11H,2-5H2,1H3/t6-,7+/m0/s1. The summed E-state index contributed by atoms with van der Waals surface area (Å²) in [5.41, 5.74) is 0. The highest BCUT2D eigenvalue weighted by Gasteiger charge is 2.30. The number of rotatable bonds is 3. The van der Waals surface area contributed by atoms with E-state index in [4.69, 9.17) is 4.74 Å². The molecule has 0 saturated carbocycles. The lowest BCUT2D eigenvalue weighted by Gasteiger charge is -2.07. The van der Waals surface area contributed by atoms with Crippen molar-refractivity contribution < 1.29 is 9.53 Å². The molecule has 0 aromatic rings. The van der Waals surface area contributed by atoms with Gasteiger partial charge in [-0.3, -0.25) is 4.79 Å². The second-order valence-electron chi connectivity index (χ2n) is 2.82. The van der Waals surface area contributed by atoms with Crippen LogP contribution in [0.25, 0.3) is 0 Å². The Morgan fingerprint density at radius 1 is 1.75 bits per heavy atom. The van der Waals surface area contributed by atoms with Crippen LogP contribution in [0.1, 0.15) is 13.3 Å². The summed E-state index contributed by atoms with van der Waals surface area (Å²) >= 11 is 6.03. The summed E-state index contributed by atoms with van der Waals surface area (Å²) in [4.78, 5) is 11.2. The van der Waals surface area contributed by atoms with Gasteiger partial charge in [0.05, 0.1) is 12.5 Å². The first-order valence-electron chi connectivity index (χ1n) is 4.17.